The van der Waals surface area contributed by atoms with Crippen molar-refractivity contribution >= 4 is 11.6 Å². The number of carbonyl (C=O) groups excluding carboxylic acids is 1. The number of methoxy groups -OCH3 is 1. The van der Waals surface area contributed by atoms with Crippen molar-refractivity contribution in [2.75, 3.05) is 20.3 Å². The fourth-order valence-corrected chi connectivity index (χ4v) is 3.20. The summed E-state index contributed by atoms with van der Waals surface area (Å²) in [6.45, 7) is -1.40. The number of nitrogens with two attached hydrogens (primary N) is 1. The number of Topliss-reactive ketones (excluding diaryl/α,β-unsaturated/α-hetero) is 1. The molecule has 1 aromatic carbocycles. The predicted octanol–water partition coefficient (Wildman–Crippen LogP) is 2.78. The summed E-state index contributed by atoms with van der Waals surface area (Å²) in [5, 5.41) is 0. The summed E-state index contributed by atoms with van der Waals surface area (Å²) < 4.78 is 87.0. The molecule has 0 saturated heterocycles. The topological polar surface area (TPSA) is 86.8 Å². The minimum absolute atomic E-state index is 0.111. The van der Waals surface area contributed by atoms with Gasteiger partial charge in [-0.25, -0.2) is 22.5 Å². The third-order valence-corrected chi connectivity index (χ3v) is 4.56. The lowest BCUT2D eigenvalue weighted by molar-refractivity contribution is -0.0146. The highest BCUT2D eigenvalue weighted by Crippen LogP contribution is 2.37. The number of aliphatic imine (C=N–C) groups is 1. The quantitative estimate of drug-likeness (QED) is 0.541. The van der Waals surface area contributed by atoms with Crippen LogP contribution in [0.15, 0.2) is 35.5 Å². The highest BCUT2D eigenvalue weighted by atomic mass is 19.3. The van der Waals surface area contributed by atoms with Gasteiger partial charge in [0.1, 0.15) is 29.8 Å². The van der Waals surface area contributed by atoms with Gasteiger partial charge in [0.2, 0.25) is 0 Å². The molecule has 1 aliphatic rings. The zero-order valence-corrected chi connectivity index (χ0v) is 15.5. The Balaban J connectivity index is 1.93. The average Bonchev–Trinajstić information content (AvgIpc) is 2.72. The summed E-state index contributed by atoms with van der Waals surface area (Å²) >= 11 is 0. The van der Waals surface area contributed by atoms with Crippen molar-refractivity contribution in [1.82, 2.24) is 4.98 Å². The standard InChI is InChI=1S/C20H19F4N3O3/c1-29-8-12-6-13(21)7-26-18(12)16(28)5-11-2-3-15(22)14(4-11)20(19(23)24)10-30-9-17(25)27-20/h2-4,6-7,19H,5,8-10H2,1H3,(H2,25,27)/t20-/m0/s1/i1D3. The molecule has 2 aromatic rings. The van der Waals surface area contributed by atoms with Crippen LogP contribution in [-0.4, -0.2) is 43.3 Å². The van der Waals surface area contributed by atoms with Gasteiger partial charge < -0.3 is 15.2 Å². The molecule has 1 aliphatic heterocycles. The zero-order valence-electron chi connectivity index (χ0n) is 18.5. The number of pyridine rings is 1. The minimum Gasteiger partial charge on any atom is -0.385 e. The van der Waals surface area contributed by atoms with Crippen LogP contribution in [0.2, 0.25) is 0 Å². The van der Waals surface area contributed by atoms with Crippen molar-refractivity contribution in [2.24, 2.45) is 10.7 Å². The largest absolute Gasteiger partial charge is 0.385 e. The number of ketones is 1. The Labute approximate surface area is 173 Å². The molecule has 10 heteroatoms. The number of nitrogens with zero attached hydrogens (tertiary/aromatic N) is 2. The van der Waals surface area contributed by atoms with Gasteiger partial charge in [0, 0.05) is 24.6 Å². The van der Waals surface area contributed by atoms with Crippen molar-refractivity contribution < 1.29 is 35.9 Å². The first-order chi connectivity index (χ1) is 15.4. The number of aromatic nitrogens is 1. The van der Waals surface area contributed by atoms with Gasteiger partial charge in [0.05, 0.1) is 23.5 Å². The van der Waals surface area contributed by atoms with Crippen LogP contribution in [0.1, 0.15) is 31.3 Å². The number of rotatable bonds is 7. The Hall–Kier alpha value is -2.85. The maximum Gasteiger partial charge on any atom is 0.269 e. The molecular weight excluding hydrogens is 406 g/mol. The predicted molar refractivity (Wildman–Crippen MR) is 99.5 cm³/mol. The zero-order chi connectivity index (χ0) is 24.4. The van der Waals surface area contributed by atoms with E-state index in [1.54, 1.807) is 0 Å². The monoisotopic (exact) mass is 428 g/mol. The van der Waals surface area contributed by atoms with Gasteiger partial charge in [0.25, 0.3) is 6.43 Å². The molecular formula is C20H19F4N3O3. The molecule has 2 heterocycles. The lowest BCUT2D eigenvalue weighted by Crippen LogP contribution is -2.45. The van der Waals surface area contributed by atoms with Crippen LogP contribution in [0.4, 0.5) is 17.6 Å². The van der Waals surface area contributed by atoms with Gasteiger partial charge >= 0.3 is 0 Å². The number of halogens is 4. The van der Waals surface area contributed by atoms with E-state index < -0.39 is 61.6 Å². The summed E-state index contributed by atoms with van der Waals surface area (Å²) in [4.78, 5) is 20.3. The molecule has 0 radical (unpaired) electrons. The summed E-state index contributed by atoms with van der Waals surface area (Å²) in [7, 11) is -2.79. The van der Waals surface area contributed by atoms with Gasteiger partial charge in [-0.05, 0) is 23.8 Å². The molecule has 0 bridgehead atoms. The number of hydrogen-bond donors (Lipinski definition) is 1. The van der Waals surface area contributed by atoms with Gasteiger partial charge in [-0.3, -0.25) is 9.79 Å². The highest BCUT2D eigenvalue weighted by Gasteiger charge is 2.46. The highest BCUT2D eigenvalue weighted by molar-refractivity contribution is 5.97. The third-order valence-electron chi connectivity index (χ3n) is 4.56. The van der Waals surface area contributed by atoms with E-state index in [1.807, 2.05) is 0 Å². The summed E-state index contributed by atoms with van der Waals surface area (Å²) in [6.07, 6.45) is -2.81. The molecule has 0 aliphatic carbocycles. The number of benzene rings is 1. The maximum absolute atomic E-state index is 14.6. The lowest BCUT2D eigenvalue weighted by atomic mass is 9.88. The second-order valence-electron chi connectivity index (χ2n) is 6.68. The summed E-state index contributed by atoms with van der Waals surface area (Å²) in [5.41, 5.74) is 2.44. The van der Waals surface area contributed by atoms with Crippen LogP contribution in [-0.2, 0) is 28.0 Å². The Morgan fingerprint density at radius 3 is 2.90 bits per heavy atom. The normalized spacial score (nSPS) is 21.0. The molecule has 6 nitrogen and oxygen atoms in total. The minimum atomic E-state index is -3.15. The fourth-order valence-electron chi connectivity index (χ4n) is 3.20. The maximum atomic E-state index is 14.6. The fraction of sp³-hybridized carbons (Fsp3) is 0.350. The Kier molecular flexibility index (Phi) is 5.32. The number of hydrogen-bond acceptors (Lipinski definition) is 6. The molecule has 1 aromatic heterocycles. The molecule has 0 spiro atoms. The van der Waals surface area contributed by atoms with Crippen molar-refractivity contribution in [3.8, 4) is 0 Å². The van der Waals surface area contributed by atoms with Crippen molar-refractivity contribution in [3.63, 3.8) is 0 Å². The summed E-state index contributed by atoms with van der Waals surface area (Å²) in [6, 6.07) is 4.10. The van der Waals surface area contributed by atoms with E-state index in [1.165, 1.54) is 6.07 Å². The molecule has 0 amide bonds. The number of carbonyl (C=O) groups is 1. The van der Waals surface area contributed by atoms with E-state index in [0.29, 0.717) is 0 Å². The number of alkyl halides is 2. The second kappa shape index (κ2) is 8.88. The van der Waals surface area contributed by atoms with Crippen molar-refractivity contribution in [1.29, 1.82) is 0 Å². The van der Waals surface area contributed by atoms with E-state index in [4.69, 9.17) is 14.6 Å². The Bertz CT molecular complexity index is 1080. The second-order valence-corrected chi connectivity index (χ2v) is 6.68. The van der Waals surface area contributed by atoms with Crippen LogP contribution in [0, 0.1) is 11.6 Å². The van der Waals surface area contributed by atoms with E-state index in [-0.39, 0.29) is 29.3 Å². The molecule has 0 unspecified atom stereocenters. The SMILES string of the molecule is [2H]C([2H])([2H])OCc1cc(F)cnc1C(=O)Cc1ccc(F)c([C@]2(C(F)F)COCC(N)=N2)c1. The molecule has 0 fully saturated rings. The first-order valence-electron chi connectivity index (χ1n) is 10.2. The number of amidine groups is 1. The van der Waals surface area contributed by atoms with Gasteiger partial charge in [-0.2, -0.15) is 0 Å². The molecule has 160 valence electrons. The molecule has 30 heavy (non-hydrogen) atoms. The Morgan fingerprint density at radius 1 is 1.40 bits per heavy atom. The van der Waals surface area contributed by atoms with Crippen LogP contribution >= 0.6 is 0 Å². The van der Waals surface area contributed by atoms with Crippen LogP contribution in [0.5, 0.6) is 0 Å². The third kappa shape index (κ3) is 4.34. The van der Waals surface area contributed by atoms with E-state index in [0.717, 1.165) is 24.4 Å². The first-order valence-corrected chi connectivity index (χ1v) is 8.72. The van der Waals surface area contributed by atoms with Crippen molar-refractivity contribution in [3.05, 3.63) is 64.5 Å². The van der Waals surface area contributed by atoms with E-state index in [9.17, 15) is 22.4 Å². The molecule has 2 N–H and O–H groups in total. The Morgan fingerprint density at radius 2 is 2.20 bits per heavy atom. The average molecular weight is 428 g/mol. The van der Waals surface area contributed by atoms with Gasteiger partial charge in [0.15, 0.2) is 11.3 Å². The summed E-state index contributed by atoms with van der Waals surface area (Å²) in [5.74, 6) is -2.71. The van der Waals surface area contributed by atoms with Crippen LogP contribution in [0.25, 0.3) is 0 Å². The van der Waals surface area contributed by atoms with Crippen LogP contribution < -0.4 is 5.73 Å². The molecule has 1 atom stereocenters. The van der Waals surface area contributed by atoms with Crippen LogP contribution in [0.3, 0.4) is 0 Å². The van der Waals surface area contributed by atoms with Gasteiger partial charge in [-0.15, -0.1) is 0 Å². The first kappa shape index (κ1) is 18.0. The smallest absolute Gasteiger partial charge is 0.269 e. The van der Waals surface area contributed by atoms with Crippen molar-refractivity contribution in [2.45, 2.75) is 25.0 Å². The lowest BCUT2D eigenvalue weighted by Gasteiger charge is -2.33. The number of ether oxygens (including phenoxy) is 2. The van der Waals surface area contributed by atoms with E-state index >= 15 is 0 Å². The molecule has 3 rings (SSSR count). The molecule has 0 saturated carbocycles. The van der Waals surface area contributed by atoms with E-state index in [2.05, 4.69) is 14.7 Å². The van der Waals surface area contributed by atoms with Gasteiger partial charge in [-0.1, -0.05) is 6.07 Å².